The van der Waals surface area contributed by atoms with E-state index >= 15 is 0 Å². The number of carbonyl (C=O) groups excluding carboxylic acids is 2. The largest absolute Gasteiger partial charge is 2.00 e. The van der Waals surface area contributed by atoms with Gasteiger partial charge in [-0.3, -0.25) is 0 Å². The van der Waals surface area contributed by atoms with Crippen molar-refractivity contribution in [3.05, 3.63) is 0 Å². The van der Waals surface area contributed by atoms with Crippen molar-refractivity contribution in [1.82, 2.24) is 0 Å². The summed E-state index contributed by atoms with van der Waals surface area (Å²) in [5.74, 6) is 0. The van der Waals surface area contributed by atoms with Crippen molar-refractivity contribution < 1.29 is 47.2 Å². The molecule has 0 atom stereocenters. The fourth-order valence-corrected chi connectivity index (χ4v) is 0. The van der Waals surface area contributed by atoms with Crippen LogP contribution in [0.5, 0.6) is 0 Å². The number of carboxylic acid groups (broad SMARTS) is 2. The molecule has 0 bridgehead atoms. The van der Waals surface area contributed by atoms with Crippen LogP contribution in [0.2, 0.25) is 0 Å². The molecule has 9 heavy (non-hydrogen) atoms. The van der Waals surface area contributed by atoms with Crippen molar-refractivity contribution in [1.29, 1.82) is 0 Å². The fourth-order valence-electron chi connectivity index (χ4n) is 0. The zero-order valence-corrected chi connectivity index (χ0v) is 5.09. The molecule has 60 valence electrons. The minimum Gasteiger partial charge on any atom is -0.554 e. The van der Waals surface area contributed by atoms with Crippen LogP contribution in [-0.2, 0) is 26.1 Å². The summed E-state index contributed by atoms with van der Waals surface area (Å²) in [4.78, 5) is 16.5. The summed E-state index contributed by atoms with van der Waals surface area (Å²) in [5, 5.41) is 16.5. The first kappa shape index (κ1) is 40.2. The summed E-state index contributed by atoms with van der Waals surface area (Å²) >= 11 is 0. The molecule has 6 nitrogen and oxygen atoms in total. The molecule has 0 fully saturated rings. The number of hydrogen-bond donors (Lipinski definition) is 0. The van der Waals surface area contributed by atoms with Gasteiger partial charge in [-0.2, -0.15) is 0 Å². The zero-order valence-electron chi connectivity index (χ0n) is 4.10. The zero-order chi connectivity index (χ0) is 5.41. The fraction of sp³-hybridized carbons (Fsp3) is 0. The third-order valence-electron chi connectivity index (χ3n) is 0. The van der Waals surface area contributed by atoms with E-state index in [0.29, 0.717) is 0 Å². The van der Waals surface area contributed by atoms with Crippen molar-refractivity contribution in [2.45, 2.75) is 0 Å². The molecule has 0 unspecified atom stereocenters. The second kappa shape index (κ2) is 162. The Balaban J connectivity index is -0.00000000889. The maximum Gasteiger partial charge on any atom is 2.00 e. The molecule has 0 spiro atoms. The van der Waals surface area contributed by atoms with Crippen molar-refractivity contribution >= 4 is 12.9 Å². The van der Waals surface area contributed by atoms with Crippen LogP contribution in [-0.4, -0.2) is 23.9 Å². The Morgan fingerprint density at radius 1 is 0.889 bits per heavy atom. The minimum absolute atomic E-state index is 0. The van der Waals surface area contributed by atoms with Crippen LogP contribution in [0.25, 0.3) is 0 Å². The van der Waals surface area contributed by atoms with E-state index in [2.05, 4.69) is 0 Å². The van der Waals surface area contributed by atoms with Gasteiger partial charge >= 0.3 is 16.5 Å². The van der Waals surface area contributed by atoms with Crippen LogP contribution in [0, 0.1) is 0 Å². The van der Waals surface area contributed by atoms with Crippen LogP contribution in [0.3, 0.4) is 0 Å². The van der Waals surface area contributed by atoms with E-state index in [9.17, 15) is 0 Å². The standard InChI is InChI=1S/2CH2O2.Ni.2H2O/c2*2-1-3;;;/h2*1H,(H,2,3);;2*1H2/q;;+2;;/p-2. The molecule has 0 aromatic carbocycles. The van der Waals surface area contributed by atoms with E-state index in [0.717, 1.165) is 0 Å². The van der Waals surface area contributed by atoms with Gasteiger partial charge in [-0.15, -0.1) is 0 Å². The molecule has 0 radical (unpaired) electrons. The van der Waals surface area contributed by atoms with Crippen molar-refractivity contribution in [2.75, 3.05) is 0 Å². The molecule has 0 saturated carbocycles. The van der Waals surface area contributed by atoms with Crippen LogP contribution in [0.1, 0.15) is 0 Å². The molecule has 4 N–H and O–H groups in total. The molecule has 0 aromatic rings. The Hall–Kier alpha value is -0.646. The van der Waals surface area contributed by atoms with E-state index in [4.69, 9.17) is 19.8 Å². The molecular weight excluding hydrogens is 179 g/mol. The normalized spacial score (nSPS) is 2.67. The molecule has 0 amide bonds. The monoisotopic (exact) mass is 184 g/mol. The molecule has 0 aliphatic rings. The molecular formula is C2H6NiO6. The van der Waals surface area contributed by atoms with Crippen molar-refractivity contribution in [3.8, 4) is 0 Å². The maximum absolute atomic E-state index is 8.25. The summed E-state index contributed by atoms with van der Waals surface area (Å²) in [6.07, 6.45) is 0. The van der Waals surface area contributed by atoms with Gasteiger partial charge in [0.15, 0.2) is 0 Å². The predicted molar refractivity (Wildman–Crippen MR) is 19.4 cm³/mol. The smallest absolute Gasteiger partial charge is 0.554 e. The summed E-state index contributed by atoms with van der Waals surface area (Å²) < 4.78 is 0. The quantitative estimate of drug-likeness (QED) is 0.275. The van der Waals surface area contributed by atoms with Gasteiger partial charge in [0.1, 0.15) is 0 Å². The minimum atomic E-state index is -0.500. The Bertz CT molecular complexity index is 32.0. The number of rotatable bonds is 0. The second-order valence-electron chi connectivity index (χ2n) is 0.192. The van der Waals surface area contributed by atoms with Gasteiger partial charge in [-0.05, 0) is 0 Å². The summed E-state index contributed by atoms with van der Waals surface area (Å²) in [7, 11) is 0. The van der Waals surface area contributed by atoms with E-state index in [1.165, 1.54) is 0 Å². The summed E-state index contributed by atoms with van der Waals surface area (Å²) in [5.41, 5.74) is 0. The Morgan fingerprint density at radius 3 is 0.889 bits per heavy atom. The Kier molecular flexibility index (Phi) is 723. The van der Waals surface area contributed by atoms with E-state index in [1.54, 1.807) is 0 Å². The molecule has 0 aromatic heterocycles. The van der Waals surface area contributed by atoms with Gasteiger partial charge in [-0.25, -0.2) is 0 Å². The van der Waals surface area contributed by atoms with Crippen LogP contribution in [0.4, 0.5) is 0 Å². The topological polar surface area (TPSA) is 143 Å². The SMILES string of the molecule is O.O.O=C[O-].O=C[O-].[Ni+2]. The average Bonchev–Trinajstić information content (AvgIpc) is 1.39. The molecule has 0 aliphatic carbocycles. The Morgan fingerprint density at radius 2 is 0.889 bits per heavy atom. The van der Waals surface area contributed by atoms with Gasteiger partial charge in [0, 0.05) is 12.9 Å². The van der Waals surface area contributed by atoms with E-state index in [-0.39, 0.29) is 27.4 Å². The van der Waals surface area contributed by atoms with Crippen molar-refractivity contribution in [3.63, 3.8) is 0 Å². The third kappa shape index (κ3) is 504. The molecule has 0 saturated heterocycles. The Labute approximate surface area is 61.0 Å². The van der Waals surface area contributed by atoms with Gasteiger partial charge < -0.3 is 30.8 Å². The first-order chi connectivity index (χ1) is 2.83. The maximum atomic E-state index is 8.25. The van der Waals surface area contributed by atoms with Gasteiger partial charge in [-0.1, -0.05) is 0 Å². The van der Waals surface area contributed by atoms with Gasteiger partial charge in [0.05, 0.1) is 0 Å². The number of hydrogen-bond acceptors (Lipinski definition) is 4. The van der Waals surface area contributed by atoms with E-state index in [1.807, 2.05) is 0 Å². The van der Waals surface area contributed by atoms with Crippen molar-refractivity contribution in [2.24, 2.45) is 0 Å². The van der Waals surface area contributed by atoms with E-state index < -0.39 is 12.9 Å². The van der Waals surface area contributed by atoms with Crippen LogP contribution < -0.4 is 10.2 Å². The summed E-state index contributed by atoms with van der Waals surface area (Å²) in [6, 6.07) is 0. The molecule has 0 aliphatic heterocycles. The van der Waals surface area contributed by atoms with Gasteiger partial charge in [0.2, 0.25) is 0 Å². The van der Waals surface area contributed by atoms with Crippen LogP contribution in [0.15, 0.2) is 0 Å². The molecule has 0 rings (SSSR count). The molecule has 0 heterocycles. The van der Waals surface area contributed by atoms with Crippen LogP contribution >= 0.6 is 0 Å². The second-order valence-corrected chi connectivity index (χ2v) is 0.192. The third-order valence-corrected chi connectivity index (χ3v) is 0. The first-order valence-electron chi connectivity index (χ1n) is 0.943. The first-order valence-corrected chi connectivity index (χ1v) is 0.943. The molecule has 7 heteroatoms. The summed E-state index contributed by atoms with van der Waals surface area (Å²) in [6.45, 7) is -1.00. The van der Waals surface area contributed by atoms with Gasteiger partial charge in [0.25, 0.3) is 0 Å². The number of carbonyl (C=O) groups is 2. The average molecular weight is 185 g/mol. The predicted octanol–water partition coefficient (Wildman–Crippen LogP) is -4.92.